The fraction of sp³-hybridized carbons (Fsp3) is 0.500. The summed E-state index contributed by atoms with van der Waals surface area (Å²) in [5, 5.41) is 0. The molecular weight excluding hydrogens is 214 g/mol. The molecule has 1 heterocycles. The van der Waals surface area contributed by atoms with Gasteiger partial charge in [0.25, 0.3) is 0 Å². The largest absolute Gasteiger partial charge is 0.380 e. The molecule has 0 aromatic heterocycles. The van der Waals surface area contributed by atoms with Crippen molar-refractivity contribution < 1.29 is 9.53 Å². The van der Waals surface area contributed by atoms with E-state index in [0.717, 1.165) is 24.9 Å². The Morgan fingerprint density at radius 1 is 1.41 bits per heavy atom. The van der Waals surface area contributed by atoms with Crippen LogP contribution < -0.4 is 4.90 Å². The smallest absolute Gasteiger partial charge is 0.130 e. The van der Waals surface area contributed by atoms with E-state index in [1.165, 1.54) is 5.56 Å². The van der Waals surface area contributed by atoms with E-state index in [1.807, 2.05) is 7.05 Å². The number of anilines is 1. The fourth-order valence-corrected chi connectivity index (χ4v) is 2.24. The average Bonchev–Trinajstić information content (AvgIpc) is 2.79. The summed E-state index contributed by atoms with van der Waals surface area (Å²) in [6.45, 7) is 4.04. The number of nitrogens with zero attached hydrogens (tertiary/aromatic N) is 1. The van der Waals surface area contributed by atoms with Gasteiger partial charge in [0.2, 0.25) is 0 Å². The molecule has 1 aliphatic heterocycles. The number of aryl methyl sites for hydroxylation is 1. The minimum Gasteiger partial charge on any atom is -0.380 e. The van der Waals surface area contributed by atoms with Gasteiger partial charge in [0, 0.05) is 25.9 Å². The second-order valence-electron chi connectivity index (χ2n) is 4.97. The second kappa shape index (κ2) is 4.88. The molecule has 3 heteroatoms. The Kier molecular flexibility index (Phi) is 3.48. The third-order valence-corrected chi connectivity index (χ3v) is 3.41. The summed E-state index contributed by atoms with van der Waals surface area (Å²) in [5.41, 5.74) is 2.07. The summed E-state index contributed by atoms with van der Waals surface area (Å²) in [7, 11) is 2.02. The topological polar surface area (TPSA) is 29.5 Å². The van der Waals surface area contributed by atoms with Gasteiger partial charge in [-0.1, -0.05) is 17.7 Å². The summed E-state index contributed by atoms with van der Waals surface area (Å²) in [4.78, 5) is 13.4. The molecule has 2 rings (SSSR count). The number of carbonyl (C=O) groups is 1. The Morgan fingerprint density at radius 2 is 2.12 bits per heavy atom. The lowest BCUT2D eigenvalue weighted by atomic mass is 9.88. The van der Waals surface area contributed by atoms with Crippen LogP contribution in [0.1, 0.15) is 12.0 Å². The molecule has 1 aromatic rings. The molecule has 1 aliphatic rings. The van der Waals surface area contributed by atoms with Crippen LogP contribution in [0.3, 0.4) is 0 Å². The first-order valence-electron chi connectivity index (χ1n) is 5.97. The zero-order valence-electron chi connectivity index (χ0n) is 10.5. The van der Waals surface area contributed by atoms with Gasteiger partial charge in [-0.05, 0) is 25.5 Å². The van der Waals surface area contributed by atoms with Crippen LogP contribution in [0, 0.1) is 12.3 Å². The minimum atomic E-state index is -0.320. The molecule has 0 saturated carbocycles. The van der Waals surface area contributed by atoms with Gasteiger partial charge in [-0.3, -0.25) is 0 Å². The molecule has 0 spiro atoms. The lowest BCUT2D eigenvalue weighted by molar-refractivity contribution is -0.115. The molecule has 1 saturated heterocycles. The number of hydrogen-bond donors (Lipinski definition) is 0. The van der Waals surface area contributed by atoms with Gasteiger partial charge >= 0.3 is 0 Å². The average molecular weight is 233 g/mol. The summed E-state index contributed by atoms with van der Waals surface area (Å²) in [6.07, 6.45) is 1.89. The molecule has 0 radical (unpaired) electrons. The highest BCUT2D eigenvalue weighted by Crippen LogP contribution is 2.28. The molecule has 1 aromatic carbocycles. The van der Waals surface area contributed by atoms with Crippen LogP contribution in [0.5, 0.6) is 0 Å². The van der Waals surface area contributed by atoms with Gasteiger partial charge in [0.1, 0.15) is 6.29 Å². The zero-order valence-corrected chi connectivity index (χ0v) is 10.5. The minimum absolute atomic E-state index is 0.320. The maximum Gasteiger partial charge on any atom is 0.130 e. The van der Waals surface area contributed by atoms with Crippen molar-refractivity contribution in [3.8, 4) is 0 Å². The lowest BCUT2D eigenvalue weighted by Gasteiger charge is -2.28. The van der Waals surface area contributed by atoms with Crippen LogP contribution in [0.15, 0.2) is 24.3 Å². The number of rotatable bonds is 4. The standard InChI is InChI=1S/C14H19NO2/c1-12-3-5-13(6-4-12)15(2)9-14(10-16)7-8-17-11-14/h3-6,10H,7-9,11H2,1-2H3. The van der Waals surface area contributed by atoms with Crippen LogP contribution in [-0.4, -0.2) is 33.1 Å². The van der Waals surface area contributed by atoms with Gasteiger partial charge in [0.15, 0.2) is 0 Å². The Bertz CT molecular complexity index is 380. The molecule has 0 aliphatic carbocycles. The van der Waals surface area contributed by atoms with Crippen molar-refractivity contribution in [1.29, 1.82) is 0 Å². The molecule has 1 atom stereocenters. The van der Waals surface area contributed by atoms with Gasteiger partial charge in [-0.25, -0.2) is 0 Å². The maximum atomic E-state index is 11.2. The molecule has 1 unspecified atom stereocenters. The van der Waals surface area contributed by atoms with Gasteiger partial charge < -0.3 is 14.4 Å². The summed E-state index contributed by atoms with van der Waals surface area (Å²) in [5.74, 6) is 0. The van der Waals surface area contributed by atoms with E-state index < -0.39 is 0 Å². The molecule has 1 fully saturated rings. The number of aldehydes is 1. The monoisotopic (exact) mass is 233 g/mol. The SMILES string of the molecule is Cc1ccc(N(C)CC2(C=O)CCOC2)cc1. The third-order valence-electron chi connectivity index (χ3n) is 3.41. The number of carbonyl (C=O) groups excluding carboxylic acids is 1. The molecule has 0 bridgehead atoms. The van der Waals surface area contributed by atoms with Crippen molar-refractivity contribution in [3.05, 3.63) is 29.8 Å². The normalized spacial score (nSPS) is 23.6. The number of benzene rings is 1. The molecular formula is C14H19NO2. The molecule has 17 heavy (non-hydrogen) atoms. The van der Waals surface area contributed by atoms with E-state index in [2.05, 4.69) is 36.1 Å². The summed E-state index contributed by atoms with van der Waals surface area (Å²) in [6, 6.07) is 8.35. The van der Waals surface area contributed by atoms with Crippen molar-refractivity contribution in [2.45, 2.75) is 13.3 Å². The number of hydrogen-bond acceptors (Lipinski definition) is 3. The zero-order chi connectivity index (χ0) is 12.3. The second-order valence-corrected chi connectivity index (χ2v) is 4.97. The Labute approximate surface area is 102 Å². The van der Waals surface area contributed by atoms with Gasteiger partial charge in [-0.2, -0.15) is 0 Å². The van der Waals surface area contributed by atoms with Crippen LogP contribution >= 0.6 is 0 Å². The molecule has 3 nitrogen and oxygen atoms in total. The van der Waals surface area contributed by atoms with Crippen molar-refractivity contribution >= 4 is 12.0 Å². The van der Waals surface area contributed by atoms with E-state index in [4.69, 9.17) is 4.74 Å². The summed E-state index contributed by atoms with van der Waals surface area (Å²) < 4.78 is 5.35. The van der Waals surface area contributed by atoms with E-state index in [0.29, 0.717) is 13.2 Å². The van der Waals surface area contributed by atoms with Gasteiger partial charge in [0.05, 0.1) is 12.0 Å². The highest BCUT2D eigenvalue weighted by Gasteiger charge is 2.35. The fourth-order valence-electron chi connectivity index (χ4n) is 2.24. The van der Waals surface area contributed by atoms with E-state index in [9.17, 15) is 4.79 Å². The molecule has 0 amide bonds. The Morgan fingerprint density at radius 3 is 2.65 bits per heavy atom. The maximum absolute atomic E-state index is 11.2. The Balaban J connectivity index is 2.07. The van der Waals surface area contributed by atoms with E-state index >= 15 is 0 Å². The summed E-state index contributed by atoms with van der Waals surface area (Å²) >= 11 is 0. The first kappa shape index (κ1) is 12.1. The lowest BCUT2D eigenvalue weighted by Crippen LogP contribution is -2.37. The first-order chi connectivity index (χ1) is 8.15. The van der Waals surface area contributed by atoms with Crippen LogP contribution in [0.25, 0.3) is 0 Å². The predicted octanol–water partition coefficient (Wildman–Crippen LogP) is 2.04. The van der Waals surface area contributed by atoms with Crippen LogP contribution in [-0.2, 0) is 9.53 Å². The third kappa shape index (κ3) is 2.67. The molecule has 0 N–H and O–H groups in total. The van der Waals surface area contributed by atoms with Gasteiger partial charge in [-0.15, -0.1) is 0 Å². The van der Waals surface area contributed by atoms with Crippen molar-refractivity contribution in [3.63, 3.8) is 0 Å². The predicted molar refractivity (Wildman–Crippen MR) is 68.4 cm³/mol. The molecule has 92 valence electrons. The van der Waals surface area contributed by atoms with E-state index in [-0.39, 0.29) is 5.41 Å². The first-order valence-corrected chi connectivity index (χ1v) is 5.97. The highest BCUT2D eigenvalue weighted by molar-refractivity contribution is 5.62. The highest BCUT2D eigenvalue weighted by atomic mass is 16.5. The van der Waals surface area contributed by atoms with Crippen LogP contribution in [0.4, 0.5) is 5.69 Å². The van der Waals surface area contributed by atoms with E-state index in [1.54, 1.807) is 0 Å². The quantitative estimate of drug-likeness (QED) is 0.745. The number of ether oxygens (including phenoxy) is 1. The van der Waals surface area contributed by atoms with Crippen molar-refractivity contribution in [1.82, 2.24) is 0 Å². The Hall–Kier alpha value is -1.35. The van der Waals surface area contributed by atoms with Crippen molar-refractivity contribution in [2.75, 3.05) is 31.7 Å². The van der Waals surface area contributed by atoms with Crippen molar-refractivity contribution in [2.24, 2.45) is 5.41 Å². The van der Waals surface area contributed by atoms with Crippen LogP contribution in [0.2, 0.25) is 0 Å².